The van der Waals surface area contributed by atoms with Crippen LogP contribution in [0.5, 0.6) is 5.75 Å². The number of nitrogens with zero attached hydrogens (tertiary/aromatic N) is 2. The van der Waals surface area contributed by atoms with Gasteiger partial charge in [-0.3, -0.25) is 9.69 Å². The average molecular weight is 385 g/mol. The number of likely N-dealkylation sites (tertiary alicyclic amines) is 1. The first kappa shape index (κ1) is 18.8. The highest BCUT2D eigenvalue weighted by Crippen LogP contribution is 2.29. The third-order valence-corrected chi connectivity index (χ3v) is 6.19. The zero-order valence-electron chi connectivity index (χ0n) is 14.7. The highest BCUT2D eigenvalue weighted by Gasteiger charge is 2.35. The predicted octanol–water partition coefficient (Wildman–Crippen LogP) is 4.24. The smallest absolute Gasteiger partial charge is 0.260 e. The molecule has 4 nitrogen and oxygen atoms in total. The summed E-state index contributed by atoms with van der Waals surface area (Å²) in [7, 11) is 1.92. The summed E-state index contributed by atoms with van der Waals surface area (Å²) < 4.78 is 5.63. The lowest BCUT2D eigenvalue weighted by Gasteiger charge is -2.42. The van der Waals surface area contributed by atoms with Gasteiger partial charge in [0.05, 0.1) is 10.0 Å². The van der Waals surface area contributed by atoms with Gasteiger partial charge in [-0.15, -0.1) is 0 Å². The van der Waals surface area contributed by atoms with Crippen LogP contribution in [0.3, 0.4) is 0 Å². The van der Waals surface area contributed by atoms with Crippen LogP contribution in [0, 0.1) is 0 Å². The van der Waals surface area contributed by atoms with Crippen molar-refractivity contribution in [2.75, 3.05) is 26.7 Å². The molecule has 0 unspecified atom stereocenters. The number of hydrogen-bond acceptors (Lipinski definition) is 3. The second kappa shape index (κ2) is 8.61. The van der Waals surface area contributed by atoms with Crippen molar-refractivity contribution in [1.29, 1.82) is 0 Å². The van der Waals surface area contributed by atoms with E-state index in [2.05, 4.69) is 4.90 Å². The molecule has 1 saturated carbocycles. The van der Waals surface area contributed by atoms with E-state index in [1.165, 1.54) is 45.2 Å². The predicted molar refractivity (Wildman–Crippen MR) is 102 cm³/mol. The van der Waals surface area contributed by atoms with Crippen molar-refractivity contribution in [1.82, 2.24) is 9.80 Å². The van der Waals surface area contributed by atoms with Gasteiger partial charge in [-0.1, -0.05) is 36.0 Å². The second-order valence-electron chi connectivity index (χ2n) is 7.03. The maximum absolute atomic E-state index is 12.7. The first-order chi connectivity index (χ1) is 12.1. The topological polar surface area (TPSA) is 32.8 Å². The van der Waals surface area contributed by atoms with Gasteiger partial charge in [0.15, 0.2) is 6.61 Å². The summed E-state index contributed by atoms with van der Waals surface area (Å²) in [6, 6.07) is 5.84. The highest BCUT2D eigenvalue weighted by atomic mass is 35.5. The lowest BCUT2D eigenvalue weighted by Crippen LogP contribution is -2.53. The van der Waals surface area contributed by atoms with Gasteiger partial charge >= 0.3 is 0 Å². The van der Waals surface area contributed by atoms with Crippen LogP contribution < -0.4 is 4.74 Å². The van der Waals surface area contributed by atoms with Crippen LogP contribution in [0.1, 0.15) is 38.5 Å². The normalized spacial score (nSPS) is 24.3. The number of benzene rings is 1. The van der Waals surface area contributed by atoms with Crippen LogP contribution >= 0.6 is 23.2 Å². The zero-order chi connectivity index (χ0) is 17.8. The van der Waals surface area contributed by atoms with E-state index in [0.29, 0.717) is 21.8 Å². The average Bonchev–Trinajstić information content (AvgIpc) is 3.16. The molecule has 0 N–H and O–H groups in total. The SMILES string of the molecule is CN(C(=O)COc1ccc(Cl)c(Cl)c1)[C@@H]1CCCC[C@@H]1N1CCCC1. The molecule has 0 aromatic heterocycles. The molecular weight excluding hydrogens is 359 g/mol. The molecule has 6 heteroatoms. The van der Waals surface area contributed by atoms with E-state index in [9.17, 15) is 4.79 Å². The van der Waals surface area contributed by atoms with Crippen LogP contribution in [-0.4, -0.2) is 54.5 Å². The molecule has 2 atom stereocenters. The minimum absolute atomic E-state index is 0.0159. The summed E-state index contributed by atoms with van der Waals surface area (Å²) in [4.78, 5) is 17.1. The molecule has 1 amide bonds. The fraction of sp³-hybridized carbons (Fsp3) is 0.632. The Bertz CT molecular complexity index is 605. The standard InChI is InChI=1S/C19H26Cl2N2O2/c1-22(17-6-2-3-7-18(17)23-10-4-5-11-23)19(24)13-25-14-8-9-15(20)16(21)12-14/h8-9,12,17-18H,2-7,10-11,13H2,1H3/t17-,18+/m1/s1. The number of halogens is 2. The van der Waals surface area contributed by atoms with Gasteiger partial charge in [0.2, 0.25) is 0 Å². The summed E-state index contributed by atoms with van der Waals surface area (Å²) in [5.74, 6) is 0.582. The van der Waals surface area contributed by atoms with Crippen molar-refractivity contribution in [2.45, 2.75) is 50.6 Å². The van der Waals surface area contributed by atoms with Gasteiger partial charge < -0.3 is 9.64 Å². The van der Waals surface area contributed by atoms with E-state index >= 15 is 0 Å². The number of hydrogen-bond donors (Lipinski definition) is 0. The molecular formula is C19H26Cl2N2O2. The number of likely N-dealkylation sites (N-methyl/N-ethyl adjacent to an activating group) is 1. The van der Waals surface area contributed by atoms with E-state index in [1.807, 2.05) is 11.9 Å². The summed E-state index contributed by atoms with van der Waals surface area (Å²) >= 11 is 11.9. The van der Waals surface area contributed by atoms with Gasteiger partial charge in [-0.05, 0) is 50.9 Å². The second-order valence-corrected chi connectivity index (χ2v) is 7.85. The summed E-state index contributed by atoms with van der Waals surface area (Å²) in [5, 5.41) is 0.912. The molecule has 3 rings (SSSR count). The van der Waals surface area contributed by atoms with Crippen molar-refractivity contribution in [3.63, 3.8) is 0 Å². The molecule has 1 aromatic carbocycles. The number of carbonyl (C=O) groups excluding carboxylic acids is 1. The number of amides is 1. The summed E-state index contributed by atoms with van der Waals surface area (Å²) in [6.07, 6.45) is 7.29. The summed E-state index contributed by atoms with van der Waals surface area (Å²) in [5.41, 5.74) is 0. The van der Waals surface area contributed by atoms with E-state index in [-0.39, 0.29) is 18.6 Å². The Balaban J connectivity index is 1.59. The third-order valence-electron chi connectivity index (χ3n) is 5.45. The Kier molecular flexibility index (Phi) is 6.48. The molecule has 0 radical (unpaired) electrons. The van der Waals surface area contributed by atoms with Gasteiger partial charge in [-0.2, -0.15) is 0 Å². The molecule has 1 aromatic rings. The van der Waals surface area contributed by atoms with E-state index in [1.54, 1.807) is 18.2 Å². The zero-order valence-corrected chi connectivity index (χ0v) is 16.2. The van der Waals surface area contributed by atoms with Crippen LogP contribution in [0.2, 0.25) is 10.0 Å². The van der Waals surface area contributed by atoms with Gasteiger partial charge in [0, 0.05) is 25.2 Å². The van der Waals surface area contributed by atoms with E-state index in [0.717, 1.165) is 6.42 Å². The Morgan fingerprint density at radius 1 is 1.16 bits per heavy atom. The first-order valence-corrected chi connectivity index (χ1v) is 9.89. The fourth-order valence-corrected chi connectivity index (χ4v) is 4.33. The molecule has 0 spiro atoms. The molecule has 1 aliphatic heterocycles. The Labute approximate surface area is 160 Å². The lowest BCUT2D eigenvalue weighted by atomic mass is 9.88. The molecule has 1 heterocycles. The minimum atomic E-state index is 0.0159. The van der Waals surface area contributed by atoms with Crippen molar-refractivity contribution >= 4 is 29.1 Å². The quantitative estimate of drug-likeness (QED) is 0.760. The molecule has 2 aliphatic rings. The Morgan fingerprint density at radius 2 is 1.88 bits per heavy atom. The van der Waals surface area contributed by atoms with Crippen LogP contribution in [-0.2, 0) is 4.79 Å². The number of carbonyl (C=O) groups is 1. The molecule has 1 saturated heterocycles. The van der Waals surface area contributed by atoms with Gasteiger partial charge in [0.25, 0.3) is 5.91 Å². The Hall–Kier alpha value is -0.970. The van der Waals surface area contributed by atoms with E-state index < -0.39 is 0 Å². The lowest BCUT2D eigenvalue weighted by molar-refractivity contribution is -0.136. The largest absolute Gasteiger partial charge is 0.484 e. The molecule has 0 bridgehead atoms. The van der Waals surface area contributed by atoms with Crippen LogP contribution in [0.15, 0.2) is 18.2 Å². The first-order valence-electron chi connectivity index (χ1n) is 9.14. The van der Waals surface area contributed by atoms with Crippen LogP contribution in [0.4, 0.5) is 0 Å². The van der Waals surface area contributed by atoms with E-state index in [4.69, 9.17) is 27.9 Å². The number of rotatable bonds is 5. The Morgan fingerprint density at radius 3 is 2.60 bits per heavy atom. The maximum atomic E-state index is 12.7. The van der Waals surface area contributed by atoms with Gasteiger partial charge in [0.1, 0.15) is 5.75 Å². The van der Waals surface area contributed by atoms with Gasteiger partial charge in [-0.25, -0.2) is 0 Å². The molecule has 25 heavy (non-hydrogen) atoms. The number of ether oxygens (including phenoxy) is 1. The molecule has 2 fully saturated rings. The van der Waals surface area contributed by atoms with Crippen molar-refractivity contribution in [2.24, 2.45) is 0 Å². The van der Waals surface area contributed by atoms with Crippen molar-refractivity contribution < 1.29 is 9.53 Å². The minimum Gasteiger partial charge on any atom is -0.484 e. The molecule has 1 aliphatic carbocycles. The van der Waals surface area contributed by atoms with Crippen LogP contribution in [0.25, 0.3) is 0 Å². The highest BCUT2D eigenvalue weighted by molar-refractivity contribution is 6.42. The maximum Gasteiger partial charge on any atom is 0.260 e. The van der Waals surface area contributed by atoms with Crippen molar-refractivity contribution in [3.05, 3.63) is 28.2 Å². The third kappa shape index (κ3) is 4.60. The summed E-state index contributed by atoms with van der Waals surface area (Å²) in [6.45, 7) is 2.36. The molecule has 138 valence electrons. The monoisotopic (exact) mass is 384 g/mol. The van der Waals surface area contributed by atoms with Crippen molar-refractivity contribution in [3.8, 4) is 5.75 Å². The fourth-order valence-electron chi connectivity index (χ4n) is 4.04.